The van der Waals surface area contributed by atoms with Gasteiger partial charge in [-0.25, -0.2) is 0 Å². The van der Waals surface area contributed by atoms with Crippen LogP contribution < -0.4 is 5.32 Å². The summed E-state index contributed by atoms with van der Waals surface area (Å²) in [6, 6.07) is 0. The van der Waals surface area contributed by atoms with Gasteiger partial charge in [-0.15, -0.1) is 24.8 Å². The van der Waals surface area contributed by atoms with Gasteiger partial charge in [0, 0.05) is 32.1 Å². The molecule has 1 aliphatic carbocycles. The molecule has 1 unspecified atom stereocenters. The molecule has 0 radical (unpaired) electrons. The lowest BCUT2D eigenvalue weighted by molar-refractivity contribution is -0.135. The molecule has 0 bridgehead atoms. The summed E-state index contributed by atoms with van der Waals surface area (Å²) in [5.74, 6) is 0.799. The SMILES string of the molecule is CC(C)(C)CCN1CCN(C(=O)C2CC23CCNCC3)CC1.Cl.Cl. The lowest BCUT2D eigenvalue weighted by Gasteiger charge is -2.36. The number of nitrogens with one attached hydrogen (secondary N) is 1. The second-order valence-electron chi connectivity index (χ2n) is 8.85. The van der Waals surface area contributed by atoms with Crippen LogP contribution in [0.15, 0.2) is 0 Å². The molecule has 4 nitrogen and oxygen atoms in total. The lowest BCUT2D eigenvalue weighted by Crippen LogP contribution is -2.50. The number of piperazine rings is 1. The first-order valence-corrected chi connectivity index (χ1v) is 9.12. The second kappa shape index (κ2) is 8.57. The van der Waals surface area contributed by atoms with Crippen LogP contribution in [-0.2, 0) is 4.79 Å². The normalized spacial score (nSPS) is 26.5. The predicted octanol–water partition coefficient (Wildman–Crippen LogP) is 2.80. The summed E-state index contributed by atoms with van der Waals surface area (Å²) >= 11 is 0. The molecule has 2 saturated heterocycles. The number of nitrogens with zero attached hydrogens (tertiary/aromatic N) is 2. The third-order valence-corrected chi connectivity index (χ3v) is 5.95. The van der Waals surface area contributed by atoms with Gasteiger partial charge in [0.2, 0.25) is 5.91 Å². The first kappa shape index (κ1) is 22.0. The third kappa shape index (κ3) is 5.23. The van der Waals surface area contributed by atoms with Gasteiger partial charge in [0.05, 0.1) is 0 Å². The van der Waals surface area contributed by atoms with Gasteiger partial charge in [0.25, 0.3) is 0 Å². The van der Waals surface area contributed by atoms with Gasteiger partial charge in [-0.05, 0) is 56.1 Å². The van der Waals surface area contributed by atoms with Crippen molar-refractivity contribution in [3.8, 4) is 0 Å². The Morgan fingerprint density at radius 1 is 1.08 bits per heavy atom. The topological polar surface area (TPSA) is 35.6 Å². The van der Waals surface area contributed by atoms with E-state index in [0.29, 0.717) is 22.7 Å². The maximum atomic E-state index is 12.7. The molecule has 1 amide bonds. The molecule has 2 heterocycles. The van der Waals surface area contributed by atoms with E-state index in [1.165, 1.54) is 25.8 Å². The monoisotopic (exact) mass is 379 g/mol. The summed E-state index contributed by atoms with van der Waals surface area (Å²) in [5.41, 5.74) is 0.786. The molecule has 3 rings (SSSR count). The van der Waals surface area contributed by atoms with Crippen molar-refractivity contribution in [1.29, 1.82) is 0 Å². The molecular weight excluding hydrogens is 345 g/mol. The van der Waals surface area contributed by atoms with Crippen molar-refractivity contribution in [2.75, 3.05) is 45.8 Å². The zero-order chi connectivity index (χ0) is 15.8. The van der Waals surface area contributed by atoms with Crippen LogP contribution in [0.2, 0.25) is 0 Å². The first-order chi connectivity index (χ1) is 10.4. The van der Waals surface area contributed by atoms with E-state index in [1.807, 2.05) is 0 Å². The summed E-state index contributed by atoms with van der Waals surface area (Å²) in [6.07, 6.45) is 4.79. The first-order valence-electron chi connectivity index (χ1n) is 9.12. The Bertz CT molecular complexity index is 411. The number of hydrogen-bond donors (Lipinski definition) is 1. The van der Waals surface area contributed by atoms with Crippen LogP contribution in [0.25, 0.3) is 0 Å². The van der Waals surface area contributed by atoms with E-state index >= 15 is 0 Å². The van der Waals surface area contributed by atoms with Crippen LogP contribution in [0.5, 0.6) is 0 Å². The van der Waals surface area contributed by atoms with Crippen LogP contribution >= 0.6 is 24.8 Å². The van der Waals surface area contributed by atoms with E-state index in [4.69, 9.17) is 0 Å². The minimum Gasteiger partial charge on any atom is -0.340 e. The lowest BCUT2D eigenvalue weighted by atomic mass is 9.91. The fourth-order valence-corrected chi connectivity index (χ4v) is 4.08. The standard InChI is InChI=1S/C18H33N3O.2ClH/c1-17(2,3)6-9-20-10-12-21(13-11-20)16(22)15-14-18(15)4-7-19-8-5-18;;/h15,19H,4-14H2,1-3H3;2*1H. The number of rotatable bonds is 3. The molecular formula is C18H35Cl2N3O. The van der Waals surface area contributed by atoms with Crippen LogP contribution in [0, 0.1) is 16.7 Å². The van der Waals surface area contributed by atoms with Crippen LogP contribution in [0.4, 0.5) is 0 Å². The highest BCUT2D eigenvalue weighted by molar-refractivity contribution is 5.85. The Morgan fingerprint density at radius 3 is 2.21 bits per heavy atom. The van der Waals surface area contributed by atoms with E-state index < -0.39 is 0 Å². The third-order valence-electron chi connectivity index (χ3n) is 5.95. The fourth-order valence-electron chi connectivity index (χ4n) is 4.08. The van der Waals surface area contributed by atoms with Gasteiger partial charge in [-0.1, -0.05) is 20.8 Å². The van der Waals surface area contributed by atoms with Gasteiger partial charge >= 0.3 is 0 Å². The smallest absolute Gasteiger partial charge is 0.226 e. The summed E-state index contributed by atoms with van der Waals surface area (Å²) in [5, 5.41) is 3.42. The van der Waals surface area contributed by atoms with Crippen molar-refractivity contribution in [3.63, 3.8) is 0 Å². The molecule has 1 spiro atoms. The van der Waals surface area contributed by atoms with Gasteiger partial charge in [-0.3, -0.25) is 9.69 Å². The van der Waals surface area contributed by atoms with Gasteiger partial charge in [-0.2, -0.15) is 0 Å². The number of piperidine rings is 1. The van der Waals surface area contributed by atoms with Gasteiger partial charge in [0.1, 0.15) is 0 Å². The molecule has 0 aromatic heterocycles. The molecule has 2 aliphatic heterocycles. The van der Waals surface area contributed by atoms with E-state index in [-0.39, 0.29) is 24.8 Å². The molecule has 0 aromatic rings. The number of amides is 1. The molecule has 1 saturated carbocycles. The van der Waals surface area contributed by atoms with E-state index in [0.717, 1.165) is 45.7 Å². The highest BCUT2D eigenvalue weighted by Crippen LogP contribution is 2.59. The molecule has 3 aliphatic rings. The van der Waals surface area contributed by atoms with Gasteiger partial charge in [0.15, 0.2) is 0 Å². The molecule has 142 valence electrons. The van der Waals surface area contributed by atoms with Crippen molar-refractivity contribution < 1.29 is 4.79 Å². The Kier molecular flexibility index (Phi) is 7.86. The molecule has 6 heteroatoms. The molecule has 1 N–H and O–H groups in total. The highest BCUT2D eigenvalue weighted by atomic mass is 35.5. The quantitative estimate of drug-likeness (QED) is 0.818. The Hall–Kier alpha value is -0.0300. The molecule has 0 aromatic carbocycles. The van der Waals surface area contributed by atoms with Crippen LogP contribution in [-0.4, -0.2) is 61.5 Å². The minimum atomic E-state index is 0. The van der Waals surface area contributed by atoms with Gasteiger partial charge < -0.3 is 10.2 Å². The number of carbonyl (C=O) groups excluding carboxylic acids is 1. The predicted molar refractivity (Wildman–Crippen MR) is 104 cm³/mol. The molecule has 3 fully saturated rings. The van der Waals surface area contributed by atoms with E-state index in [1.54, 1.807) is 0 Å². The van der Waals surface area contributed by atoms with Crippen LogP contribution in [0.1, 0.15) is 46.5 Å². The average Bonchev–Trinajstić information content (AvgIpc) is 3.18. The Labute approximate surface area is 159 Å². The highest BCUT2D eigenvalue weighted by Gasteiger charge is 2.58. The van der Waals surface area contributed by atoms with E-state index in [2.05, 4.69) is 35.9 Å². The molecule has 24 heavy (non-hydrogen) atoms. The van der Waals surface area contributed by atoms with E-state index in [9.17, 15) is 4.79 Å². The van der Waals surface area contributed by atoms with Crippen molar-refractivity contribution >= 4 is 30.7 Å². The maximum Gasteiger partial charge on any atom is 0.226 e. The van der Waals surface area contributed by atoms with Crippen LogP contribution in [0.3, 0.4) is 0 Å². The second-order valence-corrected chi connectivity index (χ2v) is 8.85. The number of carbonyl (C=O) groups is 1. The summed E-state index contributed by atoms with van der Waals surface area (Å²) in [7, 11) is 0. The summed E-state index contributed by atoms with van der Waals surface area (Å²) in [4.78, 5) is 17.4. The zero-order valence-corrected chi connectivity index (χ0v) is 17.1. The molecule has 1 atom stereocenters. The Morgan fingerprint density at radius 2 is 1.67 bits per heavy atom. The minimum absolute atomic E-state index is 0. The van der Waals surface area contributed by atoms with Crippen molar-refractivity contribution in [2.45, 2.75) is 46.5 Å². The number of hydrogen-bond acceptors (Lipinski definition) is 3. The van der Waals surface area contributed by atoms with Crippen molar-refractivity contribution in [1.82, 2.24) is 15.1 Å². The fraction of sp³-hybridized carbons (Fsp3) is 0.944. The van der Waals surface area contributed by atoms with Crippen molar-refractivity contribution in [2.24, 2.45) is 16.7 Å². The summed E-state index contributed by atoms with van der Waals surface area (Å²) < 4.78 is 0. The maximum absolute atomic E-state index is 12.7. The summed E-state index contributed by atoms with van der Waals surface area (Å²) in [6.45, 7) is 14.3. The Balaban J connectivity index is 0.00000144. The van der Waals surface area contributed by atoms with Crippen molar-refractivity contribution in [3.05, 3.63) is 0 Å². The number of halogens is 2. The largest absolute Gasteiger partial charge is 0.340 e. The zero-order valence-electron chi connectivity index (χ0n) is 15.5. The average molecular weight is 380 g/mol.